The lowest BCUT2D eigenvalue weighted by atomic mass is 9.46. The van der Waals surface area contributed by atoms with Crippen LogP contribution in [0.5, 0.6) is 0 Å². The minimum atomic E-state index is -0.630. The molecule has 0 amide bonds. The van der Waals surface area contributed by atoms with Gasteiger partial charge in [0, 0.05) is 6.42 Å². The summed E-state index contributed by atoms with van der Waals surface area (Å²) in [5.74, 6) is 4.16. The Morgan fingerprint density at radius 3 is 2.70 bits per heavy atom. The van der Waals surface area contributed by atoms with Gasteiger partial charge >= 0.3 is 5.97 Å². The average Bonchev–Trinajstić information content (AvgIpc) is 2.97. The van der Waals surface area contributed by atoms with Crippen molar-refractivity contribution in [3.63, 3.8) is 0 Å². The van der Waals surface area contributed by atoms with Gasteiger partial charge in [-0.15, -0.1) is 0 Å². The zero-order valence-corrected chi connectivity index (χ0v) is 18.0. The Morgan fingerprint density at radius 2 is 1.96 bits per heavy atom. The number of allylic oxidation sites excluding steroid dienone is 2. The molecule has 4 aliphatic carbocycles. The minimum Gasteiger partial charge on any atom is -0.481 e. The Bertz CT molecular complexity index is 622. The summed E-state index contributed by atoms with van der Waals surface area (Å²) in [5, 5.41) is 9.11. The number of hydrogen-bond donors (Lipinski definition) is 1. The number of fused-ring (bicyclic) bond motifs is 5. The molecule has 2 nitrogen and oxygen atoms in total. The van der Waals surface area contributed by atoms with E-state index in [4.69, 9.17) is 5.11 Å². The molecule has 1 N–H and O–H groups in total. The Morgan fingerprint density at radius 1 is 1.19 bits per heavy atom. The fourth-order valence-electron chi connectivity index (χ4n) is 8.37. The van der Waals surface area contributed by atoms with Crippen LogP contribution in [0, 0.1) is 46.3 Å². The summed E-state index contributed by atoms with van der Waals surface area (Å²) < 4.78 is 0. The van der Waals surface area contributed by atoms with Crippen molar-refractivity contribution in [2.24, 2.45) is 46.3 Å². The lowest BCUT2D eigenvalue weighted by Crippen LogP contribution is -2.50. The molecule has 4 rings (SSSR count). The van der Waals surface area contributed by atoms with Gasteiger partial charge < -0.3 is 5.11 Å². The van der Waals surface area contributed by atoms with Gasteiger partial charge in [-0.05, 0) is 104 Å². The first kappa shape index (κ1) is 19.5. The van der Waals surface area contributed by atoms with E-state index in [2.05, 4.69) is 33.8 Å². The molecule has 3 saturated carbocycles. The number of carbonyl (C=O) groups is 1. The van der Waals surface area contributed by atoms with E-state index in [1.807, 2.05) is 0 Å². The summed E-state index contributed by atoms with van der Waals surface area (Å²) in [6, 6.07) is 0. The predicted octanol–water partition coefficient (Wildman–Crippen LogP) is 6.70. The third kappa shape index (κ3) is 3.10. The van der Waals surface area contributed by atoms with E-state index < -0.39 is 5.97 Å². The fourth-order valence-corrected chi connectivity index (χ4v) is 8.37. The molecule has 8 atom stereocenters. The highest BCUT2D eigenvalue weighted by Crippen LogP contribution is 2.67. The van der Waals surface area contributed by atoms with Crippen LogP contribution in [0.2, 0.25) is 0 Å². The Kier molecular flexibility index (Phi) is 5.00. The third-order valence-corrected chi connectivity index (χ3v) is 9.92. The molecule has 152 valence electrons. The van der Waals surface area contributed by atoms with Gasteiger partial charge in [0.1, 0.15) is 0 Å². The first-order valence-electron chi connectivity index (χ1n) is 11.7. The van der Waals surface area contributed by atoms with Crippen molar-refractivity contribution >= 4 is 5.97 Å². The molecule has 4 aliphatic rings. The maximum atomic E-state index is 11.1. The first-order chi connectivity index (χ1) is 12.8. The molecule has 0 heterocycles. The van der Waals surface area contributed by atoms with E-state index >= 15 is 0 Å². The largest absolute Gasteiger partial charge is 0.481 e. The van der Waals surface area contributed by atoms with Crippen molar-refractivity contribution in [1.82, 2.24) is 0 Å². The molecular formula is C25H40O2. The van der Waals surface area contributed by atoms with E-state index in [-0.39, 0.29) is 0 Å². The maximum absolute atomic E-state index is 11.1. The Labute approximate surface area is 166 Å². The lowest BCUT2D eigenvalue weighted by Gasteiger charge is -2.58. The summed E-state index contributed by atoms with van der Waals surface area (Å²) >= 11 is 0. The second-order valence-corrected chi connectivity index (χ2v) is 11.2. The molecule has 0 bridgehead atoms. The topological polar surface area (TPSA) is 37.3 Å². The minimum absolute atomic E-state index is 0.340. The number of aliphatic carboxylic acids is 1. The van der Waals surface area contributed by atoms with Crippen molar-refractivity contribution in [3.05, 3.63) is 11.6 Å². The van der Waals surface area contributed by atoms with Crippen molar-refractivity contribution < 1.29 is 9.90 Å². The molecule has 0 unspecified atom stereocenters. The van der Waals surface area contributed by atoms with Crippen LogP contribution in [0.3, 0.4) is 0 Å². The average molecular weight is 373 g/mol. The highest BCUT2D eigenvalue weighted by molar-refractivity contribution is 5.66. The molecule has 2 heteroatoms. The number of carboxylic acid groups (broad SMARTS) is 1. The normalized spacial score (nSPS) is 47.4. The molecule has 3 fully saturated rings. The Balaban J connectivity index is 1.54. The molecule has 0 radical (unpaired) electrons. The van der Waals surface area contributed by atoms with Crippen LogP contribution in [0.4, 0.5) is 0 Å². The van der Waals surface area contributed by atoms with Gasteiger partial charge in [-0.25, -0.2) is 0 Å². The SMILES string of the molecule is C[C@H]1CC[C@@]2(C)C(=CC[C@H]3[C@@H]4CC[C@H]([C@H](C)CCC(=O)O)[C@@]4(C)CC[C@@H]32)C1. The number of hydrogen-bond acceptors (Lipinski definition) is 1. The zero-order valence-electron chi connectivity index (χ0n) is 18.0. The van der Waals surface area contributed by atoms with Crippen LogP contribution in [-0.2, 0) is 4.79 Å². The van der Waals surface area contributed by atoms with Crippen LogP contribution < -0.4 is 0 Å². The van der Waals surface area contributed by atoms with Gasteiger partial charge in [-0.1, -0.05) is 39.3 Å². The van der Waals surface area contributed by atoms with E-state index in [1.54, 1.807) is 5.57 Å². The molecule has 27 heavy (non-hydrogen) atoms. The molecule has 0 saturated heterocycles. The molecular weight excluding hydrogens is 332 g/mol. The first-order valence-corrected chi connectivity index (χ1v) is 11.7. The predicted molar refractivity (Wildman–Crippen MR) is 110 cm³/mol. The molecule has 0 aliphatic heterocycles. The molecule has 0 aromatic carbocycles. The van der Waals surface area contributed by atoms with Crippen LogP contribution in [-0.4, -0.2) is 11.1 Å². The number of rotatable bonds is 4. The summed E-state index contributed by atoms with van der Waals surface area (Å²) in [6.07, 6.45) is 14.8. The van der Waals surface area contributed by atoms with Gasteiger partial charge in [0.2, 0.25) is 0 Å². The van der Waals surface area contributed by atoms with Gasteiger partial charge in [0.05, 0.1) is 0 Å². The van der Waals surface area contributed by atoms with E-state index in [0.29, 0.717) is 23.2 Å². The second kappa shape index (κ2) is 6.92. The van der Waals surface area contributed by atoms with Crippen molar-refractivity contribution in [1.29, 1.82) is 0 Å². The zero-order chi connectivity index (χ0) is 19.4. The summed E-state index contributed by atoms with van der Waals surface area (Å²) in [4.78, 5) is 11.1. The smallest absolute Gasteiger partial charge is 0.303 e. The third-order valence-electron chi connectivity index (χ3n) is 9.92. The van der Waals surface area contributed by atoms with Crippen molar-refractivity contribution in [2.45, 2.75) is 91.9 Å². The van der Waals surface area contributed by atoms with Crippen LogP contribution >= 0.6 is 0 Å². The molecule has 0 aromatic rings. The highest BCUT2D eigenvalue weighted by atomic mass is 16.4. The van der Waals surface area contributed by atoms with Crippen LogP contribution in [0.1, 0.15) is 91.9 Å². The molecule has 0 aromatic heterocycles. The van der Waals surface area contributed by atoms with Gasteiger partial charge in [0.15, 0.2) is 0 Å². The van der Waals surface area contributed by atoms with Gasteiger partial charge in [-0.2, -0.15) is 0 Å². The fraction of sp³-hybridized carbons (Fsp3) is 0.880. The van der Waals surface area contributed by atoms with Crippen molar-refractivity contribution in [2.75, 3.05) is 0 Å². The maximum Gasteiger partial charge on any atom is 0.303 e. The summed E-state index contributed by atoms with van der Waals surface area (Å²) in [7, 11) is 0. The quantitative estimate of drug-likeness (QED) is 0.557. The summed E-state index contributed by atoms with van der Waals surface area (Å²) in [6.45, 7) is 9.94. The standard InChI is InChI=1S/C25H40O2/c1-16-11-13-24(3)18(15-16)6-7-19-21-9-8-20(17(2)5-10-23(26)27)25(21,4)14-12-22(19)24/h6,16-17,19-22H,5,7-15H2,1-4H3,(H,26,27)/t16-,17+,19-,20+,21-,22-,24-,25+/m0/s1. The number of carboxylic acids is 1. The monoisotopic (exact) mass is 372 g/mol. The lowest BCUT2D eigenvalue weighted by molar-refractivity contribution is -0.137. The van der Waals surface area contributed by atoms with Crippen molar-refractivity contribution in [3.8, 4) is 0 Å². The van der Waals surface area contributed by atoms with Crippen LogP contribution in [0.15, 0.2) is 11.6 Å². The summed E-state index contributed by atoms with van der Waals surface area (Å²) in [5.41, 5.74) is 2.72. The van der Waals surface area contributed by atoms with E-state index in [0.717, 1.165) is 36.0 Å². The van der Waals surface area contributed by atoms with E-state index in [9.17, 15) is 4.79 Å². The Hall–Kier alpha value is -0.790. The van der Waals surface area contributed by atoms with E-state index in [1.165, 1.54) is 51.4 Å². The molecule has 0 spiro atoms. The van der Waals surface area contributed by atoms with Gasteiger partial charge in [0.25, 0.3) is 0 Å². The van der Waals surface area contributed by atoms with Gasteiger partial charge in [-0.3, -0.25) is 4.79 Å². The van der Waals surface area contributed by atoms with Crippen LogP contribution in [0.25, 0.3) is 0 Å². The highest BCUT2D eigenvalue weighted by Gasteiger charge is 2.58. The second-order valence-electron chi connectivity index (χ2n) is 11.2.